The van der Waals surface area contributed by atoms with Crippen LogP contribution in [0.3, 0.4) is 0 Å². The molecule has 2 N–H and O–H groups in total. The van der Waals surface area contributed by atoms with Crippen molar-refractivity contribution in [3.8, 4) is 11.3 Å². The second kappa shape index (κ2) is 19.3. The van der Waals surface area contributed by atoms with Crippen molar-refractivity contribution in [1.82, 2.24) is 19.6 Å². The fourth-order valence-corrected chi connectivity index (χ4v) is 9.76. The molecule has 330 valence electrons. The summed E-state index contributed by atoms with van der Waals surface area (Å²) < 4.78 is 6.24. The molecule has 0 aliphatic carbocycles. The number of nitrogens with one attached hydrogen (secondary N) is 2. The molecule has 1 aromatic heterocycles. The van der Waals surface area contributed by atoms with E-state index in [4.69, 9.17) is 4.42 Å². The molecule has 2 unspecified atom stereocenters. The Kier molecular flexibility index (Phi) is 13.4. The summed E-state index contributed by atoms with van der Waals surface area (Å²) in [5.74, 6) is 1.22. The molecule has 3 saturated heterocycles. The number of amides is 4. The Morgan fingerprint density at radius 1 is 0.698 bits per heavy atom. The molecule has 0 bridgehead atoms. The van der Waals surface area contributed by atoms with Gasteiger partial charge in [-0.3, -0.25) is 29.0 Å². The van der Waals surface area contributed by atoms with Gasteiger partial charge in [0.1, 0.15) is 35.5 Å². The molecule has 11 nitrogen and oxygen atoms in total. The molecule has 6 atom stereocenters. The third-order valence-corrected chi connectivity index (χ3v) is 13.6. The lowest BCUT2D eigenvalue weighted by molar-refractivity contribution is -0.142. The monoisotopic (exact) mass is 850 g/mol. The molecule has 8 rings (SSSR count). The minimum absolute atomic E-state index is 0.0103. The Labute approximate surface area is 371 Å². The van der Waals surface area contributed by atoms with Crippen LogP contribution in [0.15, 0.2) is 114 Å². The number of carbonyl (C=O) groups excluding carboxylic acids is 4. The topological polar surface area (TPSA) is 118 Å². The molecule has 0 radical (unpaired) electrons. The zero-order valence-electron chi connectivity index (χ0n) is 37.3. The number of hydrogen-bond donors (Lipinski definition) is 2. The van der Waals surface area contributed by atoms with Crippen LogP contribution in [0.5, 0.6) is 0 Å². The fraction of sp³-hybridized carbons (Fsp3) is 0.423. The summed E-state index contributed by atoms with van der Waals surface area (Å²) in [4.78, 5) is 64.3. The van der Waals surface area contributed by atoms with E-state index in [1.54, 1.807) is 9.80 Å². The summed E-state index contributed by atoms with van der Waals surface area (Å²) in [6, 6.07) is 33.1. The summed E-state index contributed by atoms with van der Waals surface area (Å²) in [6.45, 7) is 11.5. The van der Waals surface area contributed by atoms with Crippen LogP contribution < -0.4 is 10.6 Å². The van der Waals surface area contributed by atoms with Crippen LogP contribution >= 0.6 is 0 Å². The Morgan fingerprint density at radius 3 is 1.89 bits per heavy atom. The maximum atomic E-state index is 14.4. The first-order valence-electron chi connectivity index (χ1n) is 22.9. The first kappa shape index (κ1) is 43.9. The zero-order valence-corrected chi connectivity index (χ0v) is 37.3. The van der Waals surface area contributed by atoms with Crippen molar-refractivity contribution in [2.24, 2.45) is 11.8 Å². The van der Waals surface area contributed by atoms with Crippen LogP contribution in [-0.4, -0.2) is 94.6 Å². The van der Waals surface area contributed by atoms with Crippen LogP contribution in [0.1, 0.15) is 89.4 Å². The average molecular weight is 851 g/mol. The van der Waals surface area contributed by atoms with Gasteiger partial charge in [-0.1, -0.05) is 81.4 Å². The van der Waals surface area contributed by atoms with Gasteiger partial charge in [0.2, 0.25) is 23.6 Å². The van der Waals surface area contributed by atoms with Crippen molar-refractivity contribution in [3.05, 3.63) is 120 Å². The highest BCUT2D eigenvalue weighted by Crippen LogP contribution is 2.37. The number of anilines is 2. The lowest BCUT2D eigenvalue weighted by Gasteiger charge is -2.36. The van der Waals surface area contributed by atoms with Crippen molar-refractivity contribution in [1.29, 1.82) is 0 Å². The van der Waals surface area contributed by atoms with Crippen LogP contribution in [0, 0.1) is 11.8 Å². The Bertz CT molecular complexity index is 2380. The van der Waals surface area contributed by atoms with Crippen molar-refractivity contribution in [2.45, 2.75) is 96.4 Å². The Balaban J connectivity index is 0.911. The van der Waals surface area contributed by atoms with E-state index in [1.165, 1.54) is 0 Å². The smallest absolute Gasteiger partial charge is 0.247 e. The van der Waals surface area contributed by atoms with Crippen LogP contribution in [-0.2, 0) is 19.2 Å². The third kappa shape index (κ3) is 9.60. The number of hydrogen-bond acceptors (Lipinski definition) is 7. The summed E-state index contributed by atoms with van der Waals surface area (Å²) in [6.07, 6.45) is 4.77. The first-order chi connectivity index (χ1) is 30.5. The highest BCUT2D eigenvalue weighted by atomic mass is 16.3. The number of benzene rings is 4. The fourth-order valence-electron chi connectivity index (χ4n) is 9.76. The van der Waals surface area contributed by atoms with Gasteiger partial charge in [0.25, 0.3) is 0 Å². The summed E-state index contributed by atoms with van der Waals surface area (Å²) in [7, 11) is 2.00. The number of rotatable bonds is 14. The second-order valence-electron chi connectivity index (χ2n) is 18.3. The van der Waals surface area contributed by atoms with Gasteiger partial charge in [-0.15, -0.1) is 0 Å². The number of likely N-dealkylation sites (N-methyl/N-ethyl adjacent to an activating group) is 1. The quantitative estimate of drug-likeness (QED) is 0.114. The zero-order chi connectivity index (χ0) is 44.2. The number of furan rings is 1. The standard InChI is InChI=1S/C52H62N6O5/c1-34(2)26-30-55(5)47(38-14-8-6-9-15-38)51(61)57-28-12-18-43(57)49(59)53-41-22-20-37(21-23-41)46-33-40-32-42(24-25-45(40)63-46)54-50(60)44-19-13-29-58(44)52(62)48(39-16-10-7-11-17-39)56-31-27-35(3)36(56)4/h6-11,14-17,20-25,32-36,43-44,47-48H,12-13,18-19,26-31H2,1-5H3,(H,53,59)(H,54,60)/t35?,36?,43-,44-,47+,48+/m0/s1. The molecule has 0 spiro atoms. The highest BCUT2D eigenvalue weighted by molar-refractivity contribution is 6.00. The SMILES string of the molecule is CC(C)CCN(C)[C@@H](C(=O)N1CCC[C@H]1C(=O)Nc1ccc(-c2cc3cc(NC(=O)[C@@H]4CCCN4C(=O)[C@@H](c4ccccc4)N4CCC(C)C4C)ccc3o2)cc1)c1ccccc1. The summed E-state index contributed by atoms with van der Waals surface area (Å²) in [5.41, 5.74) is 4.67. The average Bonchev–Trinajstić information content (AvgIpc) is 4.12. The normalized spacial score (nSPS) is 21.3. The van der Waals surface area contributed by atoms with Gasteiger partial charge in [0.15, 0.2) is 0 Å². The van der Waals surface area contributed by atoms with Crippen LogP contribution in [0.25, 0.3) is 22.3 Å². The molecular formula is C52H62N6O5. The lowest BCUT2D eigenvalue weighted by atomic mass is 10.00. The first-order valence-corrected chi connectivity index (χ1v) is 22.9. The second-order valence-corrected chi connectivity index (χ2v) is 18.3. The predicted molar refractivity (Wildman–Crippen MR) is 249 cm³/mol. The van der Waals surface area contributed by atoms with Crippen molar-refractivity contribution in [3.63, 3.8) is 0 Å². The summed E-state index contributed by atoms with van der Waals surface area (Å²) in [5, 5.41) is 7.00. The van der Waals surface area contributed by atoms with E-state index < -0.39 is 24.2 Å². The Hall–Kier alpha value is -5.78. The molecule has 4 heterocycles. The maximum Gasteiger partial charge on any atom is 0.247 e. The number of likely N-dealkylation sites (tertiary alicyclic amines) is 3. The van der Waals surface area contributed by atoms with Crippen molar-refractivity contribution in [2.75, 3.05) is 43.9 Å². The minimum Gasteiger partial charge on any atom is -0.456 e. The third-order valence-electron chi connectivity index (χ3n) is 13.6. The molecule has 11 heteroatoms. The molecule has 4 amide bonds. The molecule has 5 aromatic rings. The van der Waals surface area contributed by atoms with Gasteiger partial charge in [-0.05, 0) is 137 Å². The molecule has 63 heavy (non-hydrogen) atoms. The van der Waals surface area contributed by atoms with E-state index in [-0.39, 0.29) is 29.7 Å². The van der Waals surface area contributed by atoms with Gasteiger partial charge < -0.3 is 24.9 Å². The van der Waals surface area contributed by atoms with E-state index in [9.17, 15) is 19.2 Å². The van der Waals surface area contributed by atoms with Gasteiger partial charge in [-0.2, -0.15) is 0 Å². The van der Waals surface area contributed by atoms with Crippen LogP contribution in [0.4, 0.5) is 11.4 Å². The van der Waals surface area contributed by atoms with Gasteiger partial charge in [-0.25, -0.2) is 0 Å². The molecule has 4 aromatic carbocycles. The van der Waals surface area contributed by atoms with E-state index in [0.29, 0.717) is 60.5 Å². The Morgan fingerprint density at radius 2 is 1.29 bits per heavy atom. The highest BCUT2D eigenvalue weighted by Gasteiger charge is 2.43. The predicted octanol–water partition coefficient (Wildman–Crippen LogP) is 9.15. The molecule has 3 aliphatic heterocycles. The minimum atomic E-state index is -0.557. The van der Waals surface area contributed by atoms with Crippen molar-refractivity contribution < 1.29 is 23.6 Å². The van der Waals surface area contributed by atoms with E-state index in [0.717, 1.165) is 60.8 Å². The van der Waals surface area contributed by atoms with E-state index >= 15 is 0 Å². The molecular weight excluding hydrogens is 789 g/mol. The number of nitrogens with zero attached hydrogens (tertiary/aromatic N) is 4. The molecule has 3 aliphatic rings. The summed E-state index contributed by atoms with van der Waals surface area (Å²) >= 11 is 0. The number of carbonyl (C=O) groups is 4. The van der Waals surface area contributed by atoms with E-state index in [1.807, 2.05) is 116 Å². The van der Waals surface area contributed by atoms with E-state index in [2.05, 4.69) is 48.1 Å². The van der Waals surface area contributed by atoms with Gasteiger partial charge in [0.05, 0.1) is 0 Å². The van der Waals surface area contributed by atoms with Crippen LogP contribution in [0.2, 0.25) is 0 Å². The molecule has 0 saturated carbocycles. The molecule has 3 fully saturated rings. The maximum absolute atomic E-state index is 14.4. The lowest BCUT2D eigenvalue weighted by Crippen LogP contribution is -2.49. The van der Waals surface area contributed by atoms with Crippen molar-refractivity contribution >= 4 is 46.0 Å². The number of fused-ring (bicyclic) bond motifs is 1. The van der Waals surface area contributed by atoms with Gasteiger partial charge >= 0.3 is 0 Å². The largest absolute Gasteiger partial charge is 0.456 e. The van der Waals surface area contributed by atoms with Gasteiger partial charge in [0, 0.05) is 41.5 Å².